The second-order valence-electron chi connectivity index (χ2n) is 7.40. The molecule has 0 atom stereocenters. The lowest BCUT2D eigenvalue weighted by molar-refractivity contribution is 0.0687. The minimum atomic E-state index is -1.05. The zero-order chi connectivity index (χ0) is 24.1. The van der Waals surface area contributed by atoms with Gasteiger partial charge in [0.2, 0.25) is 0 Å². The van der Waals surface area contributed by atoms with Gasteiger partial charge in [-0.3, -0.25) is 10.2 Å². The summed E-state index contributed by atoms with van der Waals surface area (Å²) in [5, 5.41) is 24.1. The maximum atomic E-state index is 13.3. The Bertz CT molecular complexity index is 1740. The van der Waals surface area contributed by atoms with E-state index in [0.29, 0.717) is 38.9 Å². The fraction of sp³-hybridized carbons (Fsp3) is 0.0909. The quantitative estimate of drug-likeness (QED) is 0.267. The molecule has 0 unspecified atom stereocenters. The average molecular weight is 527 g/mol. The standard InChI is InChI=1S/C12H9BrFN3O2.C10H7N3O2/c1-2-7-9(12(18)19)11-15-8-4-5(14)3-6(13)10(8)17(11)16-7;14-10(15)6-5-11-13-8-4-2-1-3-7(8)12-9(6)13/h3-4,16H,2H2,1H3,(H,18,19);1-5,11H,(H,14,15). The second-order valence-corrected chi connectivity index (χ2v) is 8.26. The molecule has 0 saturated heterocycles. The van der Waals surface area contributed by atoms with E-state index in [1.54, 1.807) is 9.03 Å². The Labute approximate surface area is 197 Å². The molecule has 34 heavy (non-hydrogen) atoms. The molecule has 4 N–H and O–H groups in total. The summed E-state index contributed by atoms with van der Waals surface area (Å²) in [7, 11) is 0. The van der Waals surface area contributed by atoms with Gasteiger partial charge in [-0.05, 0) is 40.5 Å². The van der Waals surface area contributed by atoms with Gasteiger partial charge in [0, 0.05) is 16.7 Å². The first kappa shape index (κ1) is 21.6. The summed E-state index contributed by atoms with van der Waals surface area (Å²) in [6.45, 7) is 1.86. The average Bonchev–Trinajstić information content (AvgIpc) is 3.51. The van der Waals surface area contributed by atoms with E-state index in [9.17, 15) is 19.1 Å². The molecule has 4 heterocycles. The SMILES string of the molecule is CCc1[nH]n2c(nc3cc(F)cc(Br)c32)c1C(=O)O.O=C(O)c1c[nH]n2c1nc1ccccc12. The number of para-hydroxylation sites is 2. The molecule has 0 aliphatic heterocycles. The first-order chi connectivity index (χ1) is 16.3. The van der Waals surface area contributed by atoms with Gasteiger partial charge in [-0.2, -0.15) is 0 Å². The third kappa shape index (κ3) is 3.30. The van der Waals surface area contributed by atoms with Gasteiger partial charge in [-0.25, -0.2) is 33.0 Å². The van der Waals surface area contributed by atoms with Gasteiger partial charge in [-0.1, -0.05) is 19.1 Å². The normalized spacial score (nSPS) is 11.4. The molecule has 0 bridgehead atoms. The number of rotatable bonds is 3. The number of benzene rings is 2. The van der Waals surface area contributed by atoms with Crippen LogP contribution >= 0.6 is 15.9 Å². The summed E-state index contributed by atoms with van der Waals surface area (Å²) in [5.41, 5.74) is 4.34. The zero-order valence-electron chi connectivity index (χ0n) is 17.5. The van der Waals surface area contributed by atoms with E-state index in [1.807, 2.05) is 31.2 Å². The summed E-state index contributed by atoms with van der Waals surface area (Å²) < 4.78 is 17.1. The zero-order valence-corrected chi connectivity index (χ0v) is 19.1. The summed E-state index contributed by atoms with van der Waals surface area (Å²) in [6.07, 6.45) is 1.99. The first-order valence-corrected chi connectivity index (χ1v) is 10.9. The van der Waals surface area contributed by atoms with Crippen LogP contribution in [0.15, 0.2) is 47.1 Å². The largest absolute Gasteiger partial charge is 0.477 e. The van der Waals surface area contributed by atoms with Crippen molar-refractivity contribution in [2.75, 3.05) is 0 Å². The number of nitrogens with one attached hydrogen (secondary N) is 2. The molecule has 0 fully saturated rings. The summed E-state index contributed by atoms with van der Waals surface area (Å²) >= 11 is 3.27. The number of aromatic amines is 2. The van der Waals surface area contributed by atoms with Crippen molar-refractivity contribution >= 4 is 61.2 Å². The topological polar surface area (TPSA) is 141 Å². The number of aryl methyl sites for hydroxylation is 1. The number of H-pyrrole nitrogens is 2. The molecule has 2 aromatic carbocycles. The van der Waals surface area contributed by atoms with Crippen molar-refractivity contribution in [3.05, 3.63) is 69.7 Å². The van der Waals surface area contributed by atoms with E-state index >= 15 is 0 Å². The van der Waals surface area contributed by atoms with Crippen LogP contribution in [0.2, 0.25) is 0 Å². The van der Waals surface area contributed by atoms with E-state index in [-0.39, 0.29) is 11.1 Å². The lowest BCUT2D eigenvalue weighted by atomic mass is 10.2. The van der Waals surface area contributed by atoms with Gasteiger partial charge >= 0.3 is 11.9 Å². The van der Waals surface area contributed by atoms with Crippen LogP contribution in [-0.2, 0) is 6.42 Å². The van der Waals surface area contributed by atoms with Gasteiger partial charge in [-0.15, -0.1) is 0 Å². The van der Waals surface area contributed by atoms with Crippen molar-refractivity contribution < 1.29 is 24.2 Å². The Morgan fingerprint density at radius 1 is 1.06 bits per heavy atom. The highest BCUT2D eigenvalue weighted by Crippen LogP contribution is 2.28. The highest BCUT2D eigenvalue weighted by Gasteiger charge is 2.22. The van der Waals surface area contributed by atoms with Crippen molar-refractivity contribution in [2.45, 2.75) is 13.3 Å². The Morgan fingerprint density at radius 3 is 2.50 bits per heavy atom. The molecular weight excluding hydrogens is 511 g/mol. The first-order valence-electron chi connectivity index (χ1n) is 10.1. The molecule has 12 heteroatoms. The van der Waals surface area contributed by atoms with Crippen LogP contribution in [0, 0.1) is 5.82 Å². The number of carbonyl (C=O) groups is 2. The predicted octanol–water partition coefficient (Wildman–Crippen LogP) is 4.49. The number of carboxylic acids is 2. The third-order valence-corrected chi connectivity index (χ3v) is 5.98. The number of aromatic carboxylic acids is 2. The van der Waals surface area contributed by atoms with E-state index in [1.165, 1.54) is 18.3 Å². The lowest BCUT2D eigenvalue weighted by Crippen LogP contribution is -1.99. The van der Waals surface area contributed by atoms with Crippen LogP contribution in [0.3, 0.4) is 0 Å². The number of nitrogens with zero attached hydrogens (tertiary/aromatic N) is 4. The monoisotopic (exact) mass is 526 g/mol. The Morgan fingerprint density at radius 2 is 1.79 bits per heavy atom. The van der Waals surface area contributed by atoms with Crippen LogP contribution < -0.4 is 0 Å². The highest BCUT2D eigenvalue weighted by molar-refractivity contribution is 9.10. The lowest BCUT2D eigenvalue weighted by Gasteiger charge is -1.97. The number of carboxylic acid groups (broad SMARTS) is 2. The maximum Gasteiger partial charge on any atom is 0.341 e. The van der Waals surface area contributed by atoms with Crippen molar-refractivity contribution in [2.24, 2.45) is 0 Å². The fourth-order valence-electron chi connectivity index (χ4n) is 3.90. The van der Waals surface area contributed by atoms with Crippen LogP contribution in [0.4, 0.5) is 4.39 Å². The minimum Gasteiger partial charge on any atom is -0.477 e. The maximum absolute atomic E-state index is 13.3. The predicted molar refractivity (Wildman–Crippen MR) is 125 cm³/mol. The van der Waals surface area contributed by atoms with Crippen LogP contribution in [-0.4, -0.2) is 51.3 Å². The molecule has 6 aromatic rings. The highest BCUT2D eigenvalue weighted by atomic mass is 79.9. The van der Waals surface area contributed by atoms with Crippen molar-refractivity contribution in [1.82, 2.24) is 29.2 Å². The number of aromatic nitrogens is 6. The minimum absolute atomic E-state index is 0.131. The molecule has 0 aliphatic rings. The molecule has 172 valence electrons. The summed E-state index contributed by atoms with van der Waals surface area (Å²) in [6, 6.07) is 10.1. The molecule has 0 radical (unpaired) electrons. The molecule has 0 saturated carbocycles. The van der Waals surface area contributed by atoms with Gasteiger partial charge in [0.1, 0.15) is 22.5 Å². The number of hydrogen-bond acceptors (Lipinski definition) is 4. The van der Waals surface area contributed by atoms with E-state index < -0.39 is 17.8 Å². The molecule has 0 amide bonds. The van der Waals surface area contributed by atoms with Crippen LogP contribution in [0.25, 0.3) is 33.4 Å². The summed E-state index contributed by atoms with van der Waals surface area (Å²) in [4.78, 5) is 30.7. The summed E-state index contributed by atoms with van der Waals surface area (Å²) in [5.74, 6) is -2.45. The number of imidazole rings is 2. The van der Waals surface area contributed by atoms with Crippen LogP contribution in [0.5, 0.6) is 0 Å². The van der Waals surface area contributed by atoms with E-state index in [2.05, 4.69) is 36.1 Å². The smallest absolute Gasteiger partial charge is 0.341 e. The molecule has 0 aliphatic carbocycles. The second kappa shape index (κ2) is 7.99. The number of fused-ring (bicyclic) bond motifs is 6. The van der Waals surface area contributed by atoms with Gasteiger partial charge in [0.05, 0.1) is 22.2 Å². The van der Waals surface area contributed by atoms with E-state index in [0.717, 1.165) is 11.0 Å². The molecule has 10 nitrogen and oxygen atoms in total. The van der Waals surface area contributed by atoms with E-state index in [4.69, 9.17) is 5.11 Å². The number of halogens is 2. The van der Waals surface area contributed by atoms with Crippen molar-refractivity contribution in [3.63, 3.8) is 0 Å². The molecule has 0 spiro atoms. The van der Waals surface area contributed by atoms with Gasteiger partial charge in [0.25, 0.3) is 0 Å². The Hall–Kier alpha value is -4.19. The molecular formula is C22H16BrFN6O4. The third-order valence-electron chi connectivity index (χ3n) is 5.38. The van der Waals surface area contributed by atoms with Crippen molar-refractivity contribution in [3.8, 4) is 0 Å². The Balaban J connectivity index is 0.000000145. The number of hydrogen-bond donors (Lipinski definition) is 4. The van der Waals surface area contributed by atoms with Gasteiger partial charge < -0.3 is 10.2 Å². The molecule has 4 aromatic heterocycles. The molecule has 6 rings (SSSR count). The van der Waals surface area contributed by atoms with Crippen molar-refractivity contribution in [1.29, 1.82) is 0 Å². The van der Waals surface area contributed by atoms with Gasteiger partial charge in [0.15, 0.2) is 11.3 Å². The van der Waals surface area contributed by atoms with Crippen LogP contribution in [0.1, 0.15) is 33.3 Å². The fourth-order valence-corrected chi connectivity index (χ4v) is 4.50. The Kier molecular flexibility index (Phi) is 5.09.